The molecule has 1 atom stereocenters. The summed E-state index contributed by atoms with van der Waals surface area (Å²) >= 11 is 0. The summed E-state index contributed by atoms with van der Waals surface area (Å²) in [4.78, 5) is 18.7. The van der Waals surface area contributed by atoms with Crippen LogP contribution in [0.5, 0.6) is 5.75 Å². The number of anilines is 1. The lowest BCUT2D eigenvalue weighted by molar-refractivity contribution is 0.258. The molecule has 38 heavy (non-hydrogen) atoms. The van der Waals surface area contributed by atoms with E-state index in [0.717, 1.165) is 64.5 Å². The van der Waals surface area contributed by atoms with Crippen LogP contribution in [0.1, 0.15) is 32.1 Å². The average molecular weight is 509 g/mol. The molecule has 4 heterocycles. The largest absolute Gasteiger partial charge is 0.491 e. The van der Waals surface area contributed by atoms with Crippen LogP contribution >= 0.6 is 0 Å². The molecule has 1 unspecified atom stereocenters. The number of aryl methyl sites for hydroxylation is 1. The first-order valence-corrected chi connectivity index (χ1v) is 13.0. The summed E-state index contributed by atoms with van der Waals surface area (Å²) in [7, 11) is 0. The number of hydrogen-bond donors (Lipinski definition) is 1. The number of halogens is 1. The van der Waals surface area contributed by atoms with Gasteiger partial charge < -0.3 is 14.6 Å². The van der Waals surface area contributed by atoms with Gasteiger partial charge in [-0.25, -0.2) is 19.3 Å². The minimum atomic E-state index is -0.278. The molecule has 0 saturated carbocycles. The molecule has 192 valence electrons. The number of aromatic nitrogens is 5. The molecule has 0 aliphatic carbocycles. The molecule has 8 heteroatoms. The second-order valence-electron chi connectivity index (χ2n) is 9.97. The average Bonchev–Trinajstić information content (AvgIpc) is 3.51. The lowest BCUT2D eigenvalue weighted by Crippen LogP contribution is -2.16. The quantitative estimate of drug-likeness (QED) is 0.264. The number of fused-ring (bicyclic) bond motifs is 2. The molecular weight excluding hydrogens is 479 g/mol. The van der Waals surface area contributed by atoms with Crippen molar-refractivity contribution in [2.24, 2.45) is 5.92 Å². The number of para-hydroxylation sites is 1. The molecule has 2 aromatic carbocycles. The van der Waals surface area contributed by atoms with Gasteiger partial charge in [0.25, 0.3) is 0 Å². The number of hydrogen-bond acceptors (Lipinski definition) is 6. The van der Waals surface area contributed by atoms with Gasteiger partial charge in [0.2, 0.25) is 5.95 Å². The van der Waals surface area contributed by atoms with Gasteiger partial charge in [0.1, 0.15) is 24.0 Å². The normalized spacial score (nSPS) is 14.7. The number of nitrogens with zero attached hydrogens (tertiary/aromatic N) is 5. The topological polar surface area (TPSA) is 77.8 Å². The van der Waals surface area contributed by atoms with Gasteiger partial charge in [0.05, 0.1) is 28.6 Å². The highest BCUT2D eigenvalue weighted by Crippen LogP contribution is 2.39. The predicted octanol–water partition coefficient (Wildman–Crippen LogP) is 6.33. The Balaban J connectivity index is 1.39. The molecule has 1 aliphatic heterocycles. The van der Waals surface area contributed by atoms with Gasteiger partial charge in [0, 0.05) is 36.3 Å². The van der Waals surface area contributed by atoms with E-state index in [0.29, 0.717) is 18.5 Å². The van der Waals surface area contributed by atoms with Crippen molar-refractivity contribution < 1.29 is 9.13 Å². The summed E-state index contributed by atoms with van der Waals surface area (Å²) in [6.45, 7) is 5.54. The first-order valence-electron chi connectivity index (χ1n) is 13.0. The number of imidazole rings is 1. The van der Waals surface area contributed by atoms with Gasteiger partial charge in [0.15, 0.2) is 0 Å². The van der Waals surface area contributed by atoms with E-state index >= 15 is 0 Å². The van der Waals surface area contributed by atoms with Gasteiger partial charge in [-0.1, -0.05) is 26.0 Å². The van der Waals surface area contributed by atoms with Crippen LogP contribution in [0.15, 0.2) is 73.1 Å². The number of nitrogens with one attached hydrogen (secondary N) is 1. The van der Waals surface area contributed by atoms with Crippen LogP contribution in [0, 0.1) is 11.7 Å². The number of rotatable bonds is 8. The van der Waals surface area contributed by atoms with E-state index in [-0.39, 0.29) is 11.9 Å². The molecule has 3 aromatic heterocycles. The Morgan fingerprint density at radius 2 is 1.82 bits per heavy atom. The maximum absolute atomic E-state index is 13.7. The van der Waals surface area contributed by atoms with Crippen LogP contribution in [0.4, 0.5) is 10.3 Å². The van der Waals surface area contributed by atoms with E-state index < -0.39 is 0 Å². The predicted molar refractivity (Wildman–Crippen MR) is 147 cm³/mol. The Hall–Kier alpha value is -4.33. The summed E-state index contributed by atoms with van der Waals surface area (Å²) < 4.78 is 22.4. The third-order valence-electron chi connectivity index (χ3n) is 6.78. The van der Waals surface area contributed by atoms with Crippen LogP contribution in [0.25, 0.3) is 33.5 Å². The van der Waals surface area contributed by atoms with Gasteiger partial charge in [-0.3, -0.25) is 4.98 Å². The zero-order valence-corrected chi connectivity index (χ0v) is 21.4. The van der Waals surface area contributed by atoms with Crippen LogP contribution < -0.4 is 10.1 Å². The molecule has 7 nitrogen and oxygen atoms in total. The van der Waals surface area contributed by atoms with E-state index in [1.165, 1.54) is 12.1 Å². The van der Waals surface area contributed by atoms with Gasteiger partial charge in [-0.15, -0.1) is 0 Å². The zero-order valence-electron chi connectivity index (χ0n) is 21.4. The smallest absolute Gasteiger partial charge is 0.223 e. The van der Waals surface area contributed by atoms with Crippen LogP contribution in [0.2, 0.25) is 0 Å². The molecule has 0 spiro atoms. The third-order valence-corrected chi connectivity index (χ3v) is 6.78. The summed E-state index contributed by atoms with van der Waals surface area (Å²) in [6.07, 6.45) is 5.27. The SMILES string of the molecule is CC(C)CNc1nccc(-c2c(-c3ccc(F)cc3)nc3n2C(COc2ccnc4ccccc24)CC3)n1. The minimum Gasteiger partial charge on any atom is -0.491 e. The summed E-state index contributed by atoms with van der Waals surface area (Å²) in [6, 6.07) is 18.3. The standard InChI is InChI=1S/C30H29FN6O/c1-19(2)17-34-30-33-15-13-25(35-30)29-28(20-7-9-21(31)10-8-20)36-27-12-11-22(37(27)29)18-38-26-14-16-32-24-6-4-3-5-23(24)26/h3-10,13-16,19,22H,11-12,17-18H2,1-2H3,(H,33,34,35). The monoisotopic (exact) mass is 508 g/mol. The van der Waals surface area contributed by atoms with E-state index in [9.17, 15) is 4.39 Å². The zero-order chi connectivity index (χ0) is 26.1. The van der Waals surface area contributed by atoms with Crippen LogP contribution in [-0.2, 0) is 6.42 Å². The van der Waals surface area contributed by atoms with E-state index in [4.69, 9.17) is 14.7 Å². The molecule has 0 bridgehead atoms. The van der Waals surface area contributed by atoms with Gasteiger partial charge >= 0.3 is 0 Å². The Labute approximate surface area is 220 Å². The Kier molecular flexibility index (Phi) is 6.45. The number of ether oxygens (including phenoxy) is 1. The van der Waals surface area contributed by atoms with Gasteiger partial charge in [-0.2, -0.15) is 0 Å². The molecular formula is C30H29FN6O. The van der Waals surface area contributed by atoms with Crippen molar-refractivity contribution >= 4 is 16.9 Å². The highest BCUT2D eigenvalue weighted by molar-refractivity contribution is 5.84. The molecule has 0 fully saturated rings. The highest BCUT2D eigenvalue weighted by atomic mass is 19.1. The maximum atomic E-state index is 13.7. The fourth-order valence-corrected chi connectivity index (χ4v) is 4.94. The summed E-state index contributed by atoms with van der Waals surface area (Å²) in [5.74, 6) is 2.54. The Bertz CT molecular complexity index is 1570. The molecule has 0 amide bonds. The van der Waals surface area contributed by atoms with E-state index in [1.54, 1.807) is 24.5 Å². The third kappa shape index (κ3) is 4.69. The number of pyridine rings is 1. The molecule has 0 radical (unpaired) electrons. The Morgan fingerprint density at radius 1 is 1.00 bits per heavy atom. The van der Waals surface area contributed by atoms with Crippen LogP contribution in [0.3, 0.4) is 0 Å². The van der Waals surface area contributed by atoms with Crippen LogP contribution in [-0.4, -0.2) is 37.7 Å². The number of benzene rings is 2. The van der Waals surface area contributed by atoms with Crippen molar-refractivity contribution in [3.63, 3.8) is 0 Å². The summed E-state index contributed by atoms with van der Waals surface area (Å²) in [5, 5.41) is 4.31. The van der Waals surface area contributed by atoms with Crippen molar-refractivity contribution in [2.45, 2.75) is 32.7 Å². The van der Waals surface area contributed by atoms with Crippen molar-refractivity contribution in [3.8, 4) is 28.4 Å². The van der Waals surface area contributed by atoms with E-state index in [2.05, 4.69) is 33.7 Å². The first-order chi connectivity index (χ1) is 18.6. The lowest BCUT2D eigenvalue weighted by Gasteiger charge is -2.19. The molecule has 0 saturated heterocycles. The van der Waals surface area contributed by atoms with Crippen molar-refractivity contribution in [1.82, 2.24) is 24.5 Å². The fraction of sp³-hybridized carbons (Fsp3) is 0.267. The maximum Gasteiger partial charge on any atom is 0.223 e. The molecule has 1 N–H and O–H groups in total. The van der Waals surface area contributed by atoms with Crippen molar-refractivity contribution in [3.05, 3.63) is 84.7 Å². The minimum absolute atomic E-state index is 0.0654. The Morgan fingerprint density at radius 3 is 2.66 bits per heavy atom. The van der Waals surface area contributed by atoms with Crippen molar-refractivity contribution in [1.29, 1.82) is 0 Å². The summed E-state index contributed by atoms with van der Waals surface area (Å²) in [5.41, 5.74) is 4.20. The molecule has 1 aliphatic rings. The van der Waals surface area contributed by atoms with Gasteiger partial charge in [-0.05, 0) is 60.9 Å². The molecule has 5 aromatic rings. The lowest BCUT2D eigenvalue weighted by atomic mass is 10.1. The van der Waals surface area contributed by atoms with Crippen molar-refractivity contribution in [2.75, 3.05) is 18.5 Å². The first kappa shape index (κ1) is 24.0. The highest BCUT2D eigenvalue weighted by Gasteiger charge is 2.31. The molecule has 6 rings (SSSR count). The fourth-order valence-electron chi connectivity index (χ4n) is 4.94. The second kappa shape index (κ2) is 10.2. The van der Waals surface area contributed by atoms with E-state index in [1.807, 2.05) is 36.4 Å². The second-order valence-corrected chi connectivity index (χ2v) is 9.97.